The Labute approximate surface area is 161 Å². The number of aromatic nitrogens is 4. The fraction of sp³-hybridized carbons (Fsp3) is 0.400. The Morgan fingerprint density at radius 2 is 1.93 bits per heavy atom. The number of H-pyrrole nitrogens is 1. The van der Waals surface area contributed by atoms with Crippen molar-refractivity contribution in [3.05, 3.63) is 59.3 Å². The van der Waals surface area contributed by atoms with Gasteiger partial charge in [0.2, 0.25) is 0 Å². The second-order valence-electron chi connectivity index (χ2n) is 7.41. The summed E-state index contributed by atoms with van der Waals surface area (Å²) in [6.07, 6.45) is 0.293. The highest BCUT2D eigenvalue weighted by Crippen LogP contribution is 2.33. The Balaban J connectivity index is 1.56. The minimum atomic E-state index is -4.33. The molecule has 0 atom stereocenters. The van der Waals surface area contributed by atoms with E-state index >= 15 is 0 Å². The number of imidazole rings is 1. The summed E-state index contributed by atoms with van der Waals surface area (Å²) in [4.78, 5) is 6.78. The van der Waals surface area contributed by atoms with Gasteiger partial charge in [0, 0.05) is 54.8 Å². The van der Waals surface area contributed by atoms with Crippen molar-refractivity contribution in [2.24, 2.45) is 0 Å². The van der Waals surface area contributed by atoms with Gasteiger partial charge in [-0.15, -0.1) is 0 Å². The fourth-order valence-electron chi connectivity index (χ4n) is 3.68. The Hall–Kier alpha value is -2.61. The minimum Gasteiger partial charge on any atom is -0.331 e. The molecule has 1 aromatic carbocycles. The average Bonchev–Trinajstić information content (AvgIpc) is 3.28. The number of nitrogens with one attached hydrogen (secondary N) is 1. The highest BCUT2D eigenvalue weighted by atomic mass is 19.4. The molecule has 0 saturated heterocycles. The molecule has 8 heteroatoms. The molecular weight excluding hydrogens is 367 g/mol. The van der Waals surface area contributed by atoms with Crippen molar-refractivity contribution < 1.29 is 13.2 Å². The van der Waals surface area contributed by atoms with Crippen molar-refractivity contribution in [1.29, 1.82) is 0 Å². The number of halogens is 3. The second-order valence-corrected chi connectivity index (χ2v) is 7.41. The molecule has 0 saturated carbocycles. The predicted octanol–water partition coefficient (Wildman–Crippen LogP) is 4.43. The van der Waals surface area contributed by atoms with Gasteiger partial charge >= 0.3 is 6.18 Å². The summed E-state index contributed by atoms with van der Waals surface area (Å²) in [5.41, 5.74) is 2.87. The summed E-state index contributed by atoms with van der Waals surface area (Å²) in [6.45, 7) is 6.54. The molecule has 2 aromatic heterocycles. The highest BCUT2D eigenvalue weighted by Gasteiger charge is 2.30. The molecule has 28 heavy (non-hydrogen) atoms. The van der Waals surface area contributed by atoms with Crippen LogP contribution in [0.25, 0.3) is 11.3 Å². The van der Waals surface area contributed by atoms with Crippen LogP contribution < -0.4 is 0 Å². The largest absolute Gasteiger partial charge is 0.416 e. The maximum Gasteiger partial charge on any atom is 0.416 e. The van der Waals surface area contributed by atoms with Gasteiger partial charge in [0.1, 0.15) is 5.82 Å². The second kappa shape index (κ2) is 7.09. The van der Waals surface area contributed by atoms with E-state index in [-0.39, 0.29) is 0 Å². The van der Waals surface area contributed by atoms with Crippen molar-refractivity contribution in [3.8, 4) is 11.3 Å². The van der Waals surface area contributed by atoms with Crippen LogP contribution in [0.1, 0.15) is 42.5 Å². The maximum absolute atomic E-state index is 12.8. The Morgan fingerprint density at radius 1 is 1.18 bits per heavy atom. The fourth-order valence-corrected chi connectivity index (χ4v) is 3.68. The van der Waals surface area contributed by atoms with Crippen LogP contribution in [0.15, 0.2) is 36.7 Å². The molecule has 0 unspecified atom stereocenters. The van der Waals surface area contributed by atoms with E-state index in [4.69, 9.17) is 0 Å². The number of rotatable bonds is 4. The molecule has 5 nitrogen and oxygen atoms in total. The predicted molar refractivity (Wildman–Crippen MR) is 99.5 cm³/mol. The summed E-state index contributed by atoms with van der Waals surface area (Å²) >= 11 is 0. The molecule has 0 fully saturated rings. The number of benzene rings is 1. The van der Waals surface area contributed by atoms with Crippen molar-refractivity contribution in [1.82, 2.24) is 24.6 Å². The molecule has 0 spiro atoms. The van der Waals surface area contributed by atoms with Crippen LogP contribution in [-0.4, -0.2) is 31.2 Å². The SMILES string of the molecule is CC(C)n1ccnc1CN1CCc2[nH]nc(-c3ccc(C(F)(F)F)cc3)c2C1. The zero-order chi connectivity index (χ0) is 19.9. The summed E-state index contributed by atoms with van der Waals surface area (Å²) < 4.78 is 40.6. The van der Waals surface area contributed by atoms with Crippen LogP contribution in [0.3, 0.4) is 0 Å². The molecular formula is C20H22F3N5. The van der Waals surface area contributed by atoms with Gasteiger partial charge in [-0.25, -0.2) is 4.98 Å². The molecule has 1 aliphatic rings. The van der Waals surface area contributed by atoms with E-state index in [1.807, 2.05) is 12.4 Å². The number of hydrogen-bond donors (Lipinski definition) is 1. The molecule has 0 bridgehead atoms. The van der Waals surface area contributed by atoms with Crippen molar-refractivity contribution in [3.63, 3.8) is 0 Å². The third-order valence-corrected chi connectivity index (χ3v) is 5.17. The lowest BCUT2D eigenvalue weighted by atomic mass is 10.00. The summed E-state index contributed by atoms with van der Waals surface area (Å²) in [6, 6.07) is 5.54. The molecule has 3 heterocycles. The Morgan fingerprint density at radius 3 is 2.61 bits per heavy atom. The lowest BCUT2D eigenvalue weighted by Gasteiger charge is -2.27. The normalized spacial score (nSPS) is 15.2. The number of alkyl halides is 3. The first-order valence-corrected chi connectivity index (χ1v) is 9.30. The van der Waals surface area contributed by atoms with Gasteiger partial charge in [0.25, 0.3) is 0 Å². The lowest BCUT2D eigenvalue weighted by molar-refractivity contribution is -0.137. The summed E-state index contributed by atoms with van der Waals surface area (Å²) in [5, 5.41) is 7.44. The molecule has 4 rings (SSSR count). The first kappa shape index (κ1) is 18.7. The van der Waals surface area contributed by atoms with E-state index in [2.05, 4.69) is 38.5 Å². The van der Waals surface area contributed by atoms with Crippen LogP contribution in [-0.2, 0) is 25.7 Å². The number of fused-ring (bicyclic) bond motifs is 1. The molecule has 1 aliphatic heterocycles. The van der Waals surface area contributed by atoms with Gasteiger partial charge in [-0.05, 0) is 26.0 Å². The summed E-state index contributed by atoms with van der Waals surface area (Å²) in [7, 11) is 0. The third kappa shape index (κ3) is 3.56. The van der Waals surface area contributed by atoms with Gasteiger partial charge in [-0.3, -0.25) is 10.00 Å². The van der Waals surface area contributed by atoms with Gasteiger partial charge in [0.05, 0.1) is 17.8 Å². The molecule has 0 aliphatic carbocycles. The first-order chi connectivity index (χ1) is 13.3. The average molecular weight is 389 g/mol. The van der Waals surface area contributed by atoms with Gasteiger partial charge in [-0.1, -0.05) is 12.1 Å². The molecule has 148 valence electrons. The molecule has 0 amide bonds. The zero-order valence-electron chi connectivity index (χ0n) is 15.8. The van der Waals surface area contributed by atoms with E-state index in [9.17, 15) is 13.2 Å². The van der Waals surface area contributed by atoms with Crippen LogP contribution in [0.2, 0.25) is 0 Å². The Bertz CT molecular complexity index is 953. The van der Waals surface area contributed by atoms with Crippen molar-refractivity contribution >= 4 is 0 Å². The quantitative estimate of drug-likeness (QED) is 0.718. The number of aromatic amines is 1. The highest BCUT2D eigenvalue weighted by molar-refractivity contribution is 5.64. The third-order valence-electron chi connectivity index (χ3n) is 5.17. The number of nitrogens with zero attached hydrogens (tertiary/aromatic N) is 4. The van der Waals surface area contributed by atoms with E-state index in [0.29, 0.717) is 18.2 Å². The van der Waals surface area contributed by atoms with E-state index in [0.717, 1.165) is 54.4 Å². The van der Waals surface area contributed by atoms with Gasteiger partial charge in [0.15, 0.2) is 0 Å². The Kier molecular flexibility index (Phi) is 4.74. The molecule has 1 N–H and O–H groups in total. The van der Waals surface area contributed by atoms with Crippen LogP contribution >= 0.6 is 0 Å². The van der Waals surface area contributed by atoms with E-state index in [1.165, 1.54) is 12.1 Å². The van der Waals surface area contributed by atoms with Crippen LogP contribution in [0.4, 0.5) is 13.2 Å². The van der Waals surface area contributed by atoms with Crippen molar-refractivity contribution in [2.75, 3.05) is 6.54 Å². The standard InChI is InChI=1S/C20H22F3N5/c1-13(2)28-10-8-24-18(28)12-27-9-7-17-16(11-27)19(26-25-17)14-3-5-15(6-4-14)20(21,22)23/h3-6,8,10,13H,7,9,11-12H2,1-2H3,(H,25,26). The van der Waals surface area contributed by atoms with E-state index in [1.54, 1.807) is 0 Å². The monoisotopic (exact) mass is 389 g/mol. The molecule has 3 aromatic rings. The van der Waals surface area contributed by atoms with Crippen LogP contribution in [0.5, 0.6) is 0 Å². The van der Waals surface area contributed by atoms with Gasteiger partial charge in [-0.2, -0.15) is 18.3 Å². The maximum atomic E-state index is 12.8. The topological polar surface area (TPSA) is 49.7 Å². The first-order valence-electron chi connectivity index (χ1n) is 9.30. The zero-order valence-corrected chi connectivity index (χ0v) is 15.8. The van der Waals surface area contributed by atoms with Crippen LogP contribution in [0, 0.1) is 0 Å². The lowest BCUT2D eigenvalue weighted by Crippen LogP contribution is -2.31. The van der Waals surface area contributed by atoms with Gasteiger partial charge < -0.3 is 4.57 Å². The van der Waals surface area contributed by atoms with Crippen molar-refractivity contribution in [2.45, 2.75) is 45.6 Å². The number of hydrogen-bond acceptors (Lipinski definition) is 3. The summed E-state index contributed by atoms with van der Waals surface area (Å²) in [5.74, 6) is 1.01. The molecule has 0 radical (unpaired) electrons. The van der Waals surface area contributed by atoms with E-state index < -0.39 is 11.7 Å². The smallest absolute Gasteiger partial charge is 0.331 e. The minimum absolute atomic E-state index is 0.342.